The number of rotatable bonds is 6. The van der Waals surface area contributed by atoms with Gasteiger partial charge >= 0.3 is 0 Å². The first-order chi connectivity index (χ1) is 13.2. The fourth-order valence-corrected chi connectivity index (χ4v) is 3.44. The normalized spacial score (nSPS) is 16.6. The molecule has 7 nitrogen and oxygen atoms in total. The number of hydrogen-bond acceptors (Lipinski definition) is 6. The van der Waals surface area contributed by atoms with Gasteiger partial charge in [-0.15, -0.1) is 0 Å². The van der Waals surface area contributed by atoms with Gasteiger partial charge in [0.15, 0.2) is 11.5 Å². The molecule has 0 aliphatic carbocycles. The topological polar surface area (TPSA) is 70.4 Å². The lowest BCUT2D eigenvalue weighted by atomic mass is 10.1. The second-order valence-corrected chi connectivity index (χ2v) is 6.78. The van der Waals surface area contributed by atoms with E-state index in [1.54, 1.807) is 20.5 Å². The minimum atomic E-state index is 0.514. The van der Waals surface area contributed by atoms with Crippen LogP contribution in [0.1, 0.15) is 6.42 Å². The summed E-state index contributed by atoms with van der Waals surface area (Å²) in [5.41, 5.74) is 3.48. The van der Waals surface area contributed by atoms with Gasteiger partial charge in [0.25, 0.3) is 0 Å². The van der Waals surface area contributed by atoms with Crippen LogP contribution in [0.4, 0.5) is 0 Å². The smallest absolute Gasteiger partial charge is 0.240 e. The zero-order valence-electron chi connectivity index (χ0n) is 15.9. The minimum absolute atomic E-state index is 0.514. The van der Waals surface area contributed by atoms with Crippen molar-refractivity contribution in [1.82, 2.24) is 19.9 Å². The zero-order chi connectivity index (χ0) is 18.8. The number of nitrogens with zero attached hydrogens (tertiary/aromatic N) is 3. The van der Waals surface area contributed by atoms with Gasteiger partial charge in [0.1, 0.15) is 5.52 Å². The Bertz CT molecular complexity index is 948. The largest absolute Gasteiger partial charge is 0.493 e. The molecule has 142 valence electrons. The Hall–Kier alpha value is -2.80. The highest BCUT2D eigenvalue weighted by atomic mass is 16.5. The van der Waals surface area contributed by atoms with Gasteiger partial charge in [-0.2, -0.15) is 0 Å². The van der Waals surface area contributed by atoms with Crippen molar-refractivity contribution in [2.24, 2.45) is 13.0 Å². The molecule has 0 amide bonds. The number of pyridine rings is 1. The Morgan fingerprint density at radius 2 is 2.04 bits per heavy atom. The first-order valence-electron chi connectivity index (χ1n) is 9.07. The van der Waals surface area contributed by atoms with Crippen LogP contribution in [0.15, 0.2) is 30.6 Å². The summed E-state index contributed by atoms with van der Waals surface area (Å²) >= 11 is 0. The second-order valence-electron chi connectivity index (χ2n) is 6.78. The molecule has 0 unspecified atom stereocenters. The van der Waals surface area contributed by atoms with Crippen molar-refractivity contribution in [3.05, 3.63) is 30.6 Å². The molecule has 1 atom stereocenters. The minimum Gasteiger partial charge on any atom is -0.493 e. The first kappa shape index (κ1) is 17.6. The van der Waals surface area contributed by atoms with E-state index < -0.39 is 0 Å². The summed E-state index contributed by atoms with van der Waals surface area (Å²) in [5, 5.41) is 3.37. The number of aromatic nitrogens is 3. The molecule has 1 N–H and O–H groups in total. The third-order valence-electron chi connectivity index (χ3n) is 4.96. The molecule has 0 spiro atoms. The Morgan fingerprint density at radius 3 is 2.78 bits per heavy atom. The lowest BCUT2D eigenvalue weighted by Crippen LogP contribution is -2.16. The summed E-state index contributed by atoms with van der Waals surface area (Å²) in [6.07, 6.45) is 2.92. The van der Waals surface area contributed by atoms with Crippen LogP contribution in [0.25, 0.3) is 22.3 Å². The molecule has 3 aromatic rings. The van der Waals surface area contributed by atoms with Crippen molar-refractivity contribution in [3.63, 3.8) is 0 Å². The number of fused-ring (bicyclic) bond motifs is 1. The number of methoxy groups -OCH3 is 2. The highest BCUT2D eigenvalue weighted by Crippen LogP contribution is 2.34. The van der Waals surface area contributed by atoms with Crippen molar-refractivity contribution in [2.45, 2.75) is 6.42 Å². The van der Waals surface area contributed by atoms with Crippen LogP contribution in [0.3, 0.4) is 0 Å². The summed E-state index contributed by atoms with van der Waals surface area (Å²) in [5.74, 6) is 2.48. The molecule has 7 heteroatoms. The van der Waals surface area contributed by atoms with Crippen molar-refractivity contribution < 1.29 is 14.2 Å². The fourth-order valence-electron chi connectivity index (χ4n) is 3.44. The number of benzene rings is 1. The summed E-state index contributed by atoms with van der Waals surface area (Å²) < 4.78 is 18.8. The molecule has 4 rings (SSSR count). The highest BCUT2D eigenvalue weighted by molar-refractivity contribution is 5.84. The van der Waals surface area contributed by atoms with Crippen molar-refractivity contribution in [3.8, 4) is 28.6 Å². The predicted molar refractivity (Wildman–Crippen MR) is 104 cm³/mol. The van der Waals surface area contributed by atoms with E-state index in [2.05, 4.69) is 10.3 Å². The summed E-state index contributed by atoms with van der Waals surface area (Å²) in [6, 6.07) is 7.73. The molecule has 0 radical (unpaired) electrons. The number of aryl methyl sites for hydroxylation is 1. The molecule has 1 aromatic carbocycles. The molecular formula is C20H24N4O3. The maximum absolute atomic E-state index is 6.14. The van der Waals surface area contributed by atoms with Crippen LogP contribution in [0.5, 0.6) is 17.4 Å². The molecule has 1 aliphatic heterocycles. The summed E-state index contributed by atoms with van der Waals surface area (Å²) in [6.45, 7) is 2.69. The monoisotopic (exact) mass is 368 g/mol. The highest BCUT2D eigenvalue weighted by Gasteiger charge is 2.18. The molecule has 3 heterocycles. The van der Waals surface area contributed by atoms with E-state index in [1.807, 2.05) is 35.9 Å². The number of hydrogen-bond donors (Lipinski definition) is 1. The maximum Gasteiger partial charge on any atom is 0.240 e. The summed E-state index contributed by atoms with van der Waals surface area (Å²) in [7, 11) is 5.21. The molecule has 1 saturated heterocycles. The lowest BCUT2D eigenvalue weighted by Gasteiger charge is -2.14. The fraction of sp³-hybridized carbons (Fsp3) is 0.400. The van der Waals surface area contributed by atoms with Gasteiger partial charge in [0, 0.05) is 25.1 Å². The molecule has 0 saturated carbocycles. The van der Waals surface area contributed by atoms with Crippen LogP contribution < -0.4 is 19.5 Å². The van der Waals surface area contributed by atoms with Crippen molar-refractivity contribution in [1.29, 1.82) is 0 Å². The van der Waals surface area contributed by atoms with Gasteiger partial charge in [-0.05, 0) is 37.2 Å². The number of nitrogens with one attached hydrogen (secondary N) is 1. The Kier molecular flexibility index (Phi) is 4.85. The average Bonchev–Trinajstić information content (AvgIpc) is 3.35. The van der Waals surface area contributed by atoms with E-state index in [1.165, 1.54) is 0 Å². The van der Waals surface area contributed by atoms with Gasteiger partial charge in [0.05, 0.1) is 38.4 Å². The first-order valence-corrected chi connectivity index (χ1v) is 9.07. The number of imidazole rings is 1. The van der Waals surface area contributed by atoms with E-state index in [0.717, 1.165) is 41.8 Å². The molecular weight excluding hydrogens is 344 g/mol. The second kappa shape index (κ2) is 7.44. The van der Waals surface area contributed by atoms with Gasteiger partial charge in [0.2, 0.25) is 5.88 Å². The van der Waals surface area contributed by atoms with Gasteiger partial charge in [-0.1, -0.05) is 0 Å². The van der Waals surface area contributed by atoms with Crippen LogP contribution in [-0.2, 0) is 7.05 Å². The maximum atomic E-state index is 6.14. The quantitative estimate of drug-likeness (QED) is 0.721. The van der Waals surface area contributed by atoms with Gasteiger partial charge in [-0.25, -0.2) is 9.97 Å². The van der Waals surface area contributed by atoms with E-state index >= 15 is 0 Å². The van der Waals surface area contributed by atoms with Crippen molar-refractivity contribution in [2.75, 3.05) is 33.9 Å². The third kappa shape index (κ3) is 3.42. The Balaban J connectivity index is 1.73. The van der Waals surface area contributed by atoms with E-state index in [0.29, 0.717) is 29.9 Å². The molecule has 1 fully saturated rings. The number of ether oxygens (including phenoxy) is 3. The van der Waals surface area contributed by atoms with E-state index in [9.17, 15) is 0 Å². The predicted octanol–water partition coefficient (Wildman–Crippen LogP) is 2.64. The van der Waals surface area contributed by atoms with Crippen LogP contribution >= 0.6 is 0 Å². The molecule has 27 heavy (non-hydrogen) atoms. The molecule has 0 bridgehead atoms. The van der Waals surface area contributed by atoms with Gasteiger partial charge < -0.3 is 24.1 Å². The zero-order valence-corrected chi connectivity index (χ0v) is 15.9. The third-order valence-corrected chi connectivity index (χ3v) is 4.96. The van der Waals surface area contributed by atoms with E-state index in [4.69, 9.17) is 19.2 Å². The standard InChI is InChI=1S/C20H24N4O3/c1-24-12-22-16-9-15(14-4-5-17(25-2)18(8-14)26-3)23-20(19(16)24)27-11-13-6-7-21-10-13/h4-5,8-9,12-13,21H,6-7,10-11H2,1-3H3/t13-/m1/s1. The lowest BCUT2D eigenvalue weighted by molar-refractivity contribution is 0.253. The Morgan fingerprint density at radius 1 is 1.19 bits per heavy atom. The van der Waals surface area contributed by atoms with Crippen molar-refractivity contribution >= 4 is 11.0 Å². The van der Waals surface area contributed by atoms with Crippen LogP contribution in [-0.4, -0.2) is 48.5 Å². The summed E-state index contributed by atoms with van der Waals surface area (Å²) in [4.78, 5) is 9.29. The molecule has 2 aromatic heterocycles. The molecule has 1 aliphatic rings. The van der Waals surface area contributed by atoms with Crippen LogP contribution in [0, 0.1) is 5.92 Å². The van der Waals surface area contributed by atoms with E-state index in [-0.39, 0.29) is 0 Å². The van der Waals surface area contributed by atoms with Gasteiger partial charge in [-0.3, -0.25) is 0 Å². The SMILES string of the molecule is COc1ccc(-c2cc3ncn(C)c3c(OC[C@@H]3CCNC3)n2)cc1OC. The Labute approximate surface area is 158 Å². The van der Waals surface area contributed by atoms with Crippen LogP contribution in [0.2, 0.25) is 0 Å². The average molecular weight is 368 g/mol.